The first-order valence-corrected chi connectivity index (χ1v) is 6.20. The molecule has 0 atom stereocenters. The van der Waals surface area contributed by atoms with Gasteiger partial charge in [0, 0.05) is 0 Å². The molecule has 0 aliphatic carbocycles. The molecule has 0 unspecified atom stereocenters. The smallest absolute Gasteiger partial charge is 0.338 e. The van der Waals surface area contributed by atoms with Crippen molar-refractivity contribution < 1.29 is 13.9 Å². The number of nitrogens with one attached hydrogen (secondary N) is 1. The zero-order valence-electron chi connectivity index (χ0n) is 11.0. The lowest BCUT2D eigenvalue weighted by molar-refractivity contribution is 0.0599. The highest BCUT2D eigenvalue weighted by molar-refractivity contribution is 5.91. The van der Waals surface area contributed by atoms with Gasteiger partial charge in [-0.3, -0.25) is 0 Å². The molecule has 0 saturated heterocycles. The number of unbranched alkanes of at least 4 members (excludes halogenated alkanes) is 2. The second-order valence-corrected chi connectivity index (χ2v) is 4.21. The molecule has 1 aromatic carbocycles. The molecule has 0 amide bonds. The summed E-state index contributed by atoms with van der Waals surface area (Å²) in [4.78, 5) is 11.5. The van der Waals surface area contributed by atoms with Crippen molar-refractivity contribution >= 4 is 5.97 Å². The third-order valence-corrected chi connectivity index (χ3v) is 2.85. The van der Waals surface area contributed by atoms with Crippen molar-refractivity contribution in [1.29, 1.82) is 0 Å². The predicted octanol–water partition coefficient (Wildman–Crippen LogP) is 2.54. The Morgan fingerprint density at radius 3 is 2.78 bits per heavy atom. The van der Waals surface area contributed by atoms with E-state index in [4.69, 9.17) is 0 Å². The van der Waals surface area contributed by atoms with Crippen LogP contribution in [-0.2, 0) is 11.2 Å². The van der Waals surface area contributed by atoms with Crippen molar-refractivity contribution in [2.45, 2.75) is 25.7 Å². The van der Waals surface area contributed by atoms with Gasteiger partial charge in [0.25, 0.3) is 0 Å². The number of carbonyl (C=O) groups is 1. The molecule has 0 spiro atoms. The van der Waals surface area contributed by atoms with Crippen LogP contribution in [0.15, 0.2) is 18.2 Å². The molecule has 100 valence electrons. The number of ether oxygens (including phenoxy) is 1. The van der Waals surface area contributed by atoms with E-state index >= 15 is 0 Å². The van der Waals surface area contributed by atoms with Gasteiger partial charge in [-0.1, -0.05) is 12.5 Å². The Kier molecular flexibility index (Phi) is 6.36. The molecule has 0 bridgehead atoms. The van der Waals surface area contributed by atoms with Crippen molar-refractivity contribution in [2.75, 3.05) is 20.7 Å². The number of hydrogen-bond acceptors (Lipinski definition) is 3. The summed E-state index contributed by atoms with van der Waals surface area (Å²) in [6, 6.07) is 4.30. The van der Waals surface area contributed by atoms with Crippen LogP contribution in [0.5, 0.6) is 0 Å². The number of hydrogen-bond donors (Lipinski definition) is 1. The first-order valence-electron chi connectivity index (χ1n) is 6.20. The summed E-state index contributed by atoms with van der Waals surface area (Å²) in [5.41, 5.74) is 1.19. The number of aryl methyl sites for hydroxylation is 1. The Bertz CT molecular complexity index is 393. The van der Waals surface area contributed by atoms with E-state index in [0.717, 1.165) is 37.8 Å². The lowest BCUT2D eigenvalue weighted by Crippen LogP contribution is -2.08. The first kappa shape index (κ1) is 14.6. The number of methoxy groups -OCH3 is 1. The van der Waals surface area contributed by atoms with Crippen molar-refractivity contribution in [3.63, 3.8) is 0 Å². The van der Waals surface area contributed by atoms with Gasteiger partial charge in [-0.05, 0) is 50.6 Å². The predicted molar refractivity (Wildman–Crippen MR) is 69.2 cm³/mol. The maximum Gasteiger partial charge on any atom is 0.338 e. The molecule has 0 saturated carbocycles. The molecule has 18 heavy (non-hydrogen) atoms. The van der Waals surface area contributed by atoms with E-state index in [1.807, 2.05) is 7.05 Å². The minimum Gasteiger partial charge on any atom is -0.465 e. The van der Waals surface area contributed by atoms with Crippen molar-refractivity contribution in [1.82, 2.24) is 5.32 Å². The van der Waals surface area contributed by atoms with Gasteiger partial charge in [-0.15, -0.1) is 0 Å². The van der Waals surface area contributed by atoms with E-state index in [1.165, 1.54) is 19.2 Å². The maximum absolute atomic E-state index is 13.1. The summed E-state index contributed by atoms with van der Waals surface area (Å²) in [6.45, 7) is 0.993. The quantitative estimate of drug-likeness (QED) is 0.599. The molecule has 0 aliphatic heterocycles. The van der Waals surface area contributed by atoms with Crippen molar-refractivity contribution in [2.24, 2.45) is 0 Å². The number of halogens is 1. The highest BCUT2D eigenvalue weighted by Crippen LogP contribution is 2.15. The van der Waals surface area contributed by atoms with Crippen molar-refractivity contribution in [3.8, 4) is 0 Å². The van der Waals surface area contributed by atoms with Gasteiger partial charge in [0.1, 0.15) is 5.82 Å². The van der Waals surface area contributed by atoms with Gasteiger partial charge in [-0.2, -0.15) is 0 Å². The Hall–Kier alpha value is -1.42. The summed E-state index contributed by atoms with van der Waals surface area (Å²) >= 11 is 0. The second kappa shape index (κ2) is 7.82. The summed E-state index contributed by atoms with van der Waals surface area (Å²) < 4.78 is 17.8. The van der Waals surface area contributed by atoms with Gasteiger partial charge in [0.2, 0.25) is 0 Å². The SMILES string of the molecule is CNCCCCCc1ccc(F)cc1C(=O)OC. The molecule has 0 aliphatic rings. The largest absolute Gasteiger partial charge is 0.465 e. The van der Waals surface area contributed by atoms with E-state index in [1.54, 1.807) is 6.07 Å². The summed E-state index contributed by atoms with van der Waals surface area (Å²) in [6.07, 6.45) is 3.94. The molecular formula is C14H20FNO2. The van der Waals surface area contributed by atoms with Gasteiger partial charge in [0.15, 0.2) is 0 Å². The standard InChI is InChI=1S/C14H20FNO2/c1-16-9-5-3-4-6-11-7-8-12(15)10-13(11)14(17)18-2/h7-8,10,16H,3-6,9H2,1-2H3. The Morgan fingerprint density at radius 1 is 1.33 bits per heavy atom. The van der Waals surface area contributed by atoms with Crippen LogP contribution in [0, 0.1) is 5.82 Å². The fourth-order valence-electron chi connectivity index (χ4n) is 1.86. The van der Waals surface area contributed by atoms with E-state index in [-0.39, 0.29) is 0 Å². The molecule has 0 fully saturated rings. The van der Waals surface area contributed by atoms with E-state index in [9.17, 15) is 9.18 Å². The van der Waals surface area contributed by atoms with E-state index in [0.29, 0.717) is 5.56 Å². The molecule has 0 radical (unpaired) electrons. The van der Waals surface area contributed by atoms with Crippen molar-refractivity contribution in [3.05, 3.63) is 35.1 Å². The Labute approximate surface area is 107 Å². The number of esters is 1. The molecule has 0 aromatic heterocycles. The van der Waals surface area contributed by atoms with Gasteiger partial charge < -0.3 is 10.1 Å². The Balaban J connectivity index is 2.61. The van der Waals surface area contributed by atoms with Gasteiger partial charge >= 0.3 is 5.97 Å². The van der Waals surface area contributed by atoms with Gasteiger partial charge in [0.05, 0.1) is 12.7 Å². The lowest BCUT2D eigenvalue weighted by Gasteiger charge is -2.08. The molecular weight excluding hydrogens is 233 g/mol. The fourth-order valence-corrected chi connectivity index (χ4v) is 1.86. The normalized spacial score (nSPS) is 10.4. The summed E-state index contributed by atoms with van der Waals surface area (Å²) in [7, 11) is 3.24. The van der Waals surface area contributed by atoms with Crippen LogP contribution in [-0.4, -0.2) is 26.7 Å². The molecule has 1 N–H and O–H groups in total. The third kappa shape index (κ3) is 4.45. The lowest BCUT2D eigenvalue weighted by atomic mass is 10.0. The highest BCUT2D eigenvalue weighted by Gasteiger charge is 2.12. The zero-order valence-corrected chi connectivity index (χ0v) is 11.0. The van der Waals surface area contributed by atoms with Crippen LogP contribution in [0.25, 0.3) is 0 Å². The van der Waals surface area contributed by atoms with Crippen LogP contribution < -0.4 is 5.32 Å². The molecule has 1 rings (SSSR count). The number of carbonyl (C=O) groups excluding carboxylic acids is 1. The molecule has 0 heterocycles. The molecule has 3 nitrogen and oxygen atoms in total. The average Bonchev–Trinajstić information content (AvgIpc) is 2.39. The fraction of sp³-hybridized carbons (Fsp3) is 0.500. The van der Waals surface area contributed by atoms with Crippen LogP contribution in [0.2, 0.25) is 0 Å². The molecule has 1 aromatic rings. The third-order valence-electron chi connectivity index (χ3n) is 2.85. The van der Waals surface area contributed by atoms with Crippen LogP contribution in [0.3, 0.4) is 0 Å². The minimum absolute atomic E-state index is 0.339. The maximum atomic E-state index is 13.1. The van der Waals surface area contributed by atoms with Gasteiger partial charge in [-0.25, -0.2) is 9.18 Å². The van der Waals surface area contributed by atoms with E-state index < -0.39 is 11.8 Å². The highest BCUT2D eigenvalue weighted by atomic mass is 19.1. The summed E-state index contributed by atoms with van der Waals surface area (Å²) in [5, 5.41) is 3.09. The van der Waals surface area contributed by atoms with Crippen LogP contribution >= 0.6 is 0 Å². The monoisotopic (exact) mass is 253 g/mol. The number of benzene rings is 1. The molecule has 4 heteroatoms. The summed E-state index contributed by atoms with van der Waals surface area (Å²) in [5.74, 6) is -0.881. The first-order chi connectivity index (χ1) is 8.69. The second-order valence-electron chi connectivity index (χ2n) is 4.21. The average molecular weight is 253 g/mol. The van der Waals surface area contributed by atoms with Crippen LogP contribution in [0.1, 0.15) is 35.2 Å². The number of rotatable bonds is 7. The zero-order chi connectivity index (χ0) is 13.4. The van der Waals surface area contributed by atoms with Crippen LogP contribution in [0.4, 0.5) is 4.39 Å². The Morgan fingerprint density at radius 2 is 2.11 bits per heavy atom. The topological polar surface area (TPSA) is 38.3 Å². The minimum atomic E-state index is -0.472. The van der Waals surface area contributed by atoms with E-state index in [2.05, 4.69) is 10.1 Å².